The third-order valence-corrected chi connectivity index (χ3v) is 4.40. The largest absolute Gasteiger partial charge is 0.496 e. The zero-order valence-corrected chi connectivity index (χ0v) is 13.0. The lowest BCUT2D eigenvalue weighted by molar-refractivity contribution is 0.408. The lowest BCUT2D eigenvalue weighted by Gasteiger charge is -2.15. The van der Waals surface area contributed by atoms with E-state index >= 15 is 0 Å². The molecule has 3 heteroatoms. The second-order valence-electron chi connectivity index (χ2n) is 5.45. The second-order valence-corrected chi connectivity index (χ2v) is 5.89. The number of halogens is 1. The third kappa shape index (κ3) is 3.22. The first kappa shape index (κ1) is 14.4. The average molecular weight is 302 g/mol. The Labute approximate surface area is 131 Å². The maximum absolute atomic E-state index is 6.05. The number of hydrogen-bond donors (Lipinski definition) is 1. The average Bonchev–Trinajstić information content (AvgIpc) is 2.90. The van der Waals surface area contributed by atoms with Crippen molar-refractivity contribution in [1.29, 1.82) is 0 Å². The molecule has 0 heterocycles. The van der Waals surface area contributed by atoms with Crippen LogP contribution < -0.4 is 10.1 Å². The van der Waals surface area contributed by atoms with E-state index in [-0.39, 0.29) is 0 Å². The molecule has 0 fully saturated rings. The Kier molecular flexibility index (Phi) is 4.47. The summed E-state index contributed by atoms with van der Waals surface area (Å²) in [5.41, 5.74) is 4.04. The molecule has 1 aliphatic carbocycles. The predicted octanol–water partition coefficient (Wildman–Crippen LogP) is 4.17. The molecule has 0 saturated heterocycles. The van der Waals surface area contributed by atoms with E-state index in [1.807, 2.05) is 18.2 Å². The molecule has 0 aliphatic heterocycles. The van der Waals surface area contributed by atoms with Gasteiger partial charge in [0.15, 0.2) is 0 Å². The monoisotopic (exact) mass is 301 g/mol. The van der Waals surface area contributed by atoms with Gasteiger partial charge in [-0.2, -0.15) is 0 Å². The molecule has 21 heavy (non-hydrogen) atoms. The molecule has 1 atom stereocenters. The van der Waals surface area contributed by atoms with E-state index in [9.17, 15) is 0 Å². The van der Waals surface area contributed by atoms with Gasteiger partial charge in [0.1, 0.15) is 5.75 Å². The van der Waals surface area contributed by atoms with Crippen molar-refractivity contribution in [3.63, 3.8) is 0 Å². The Morgan fingerprint density at radius 2 is 2.10 bits per heavy atom. The lowest BCUT2D eigenvalue weighted by Crippen LogP contribution is -2.22. The Bertz CT molecular complexity index is 626. The van der Waals surface area contributed by atoms with E-state index < -0.39 is 0 Å². The smallest absolute Gasteiger partial charge is 0.122 e. The van der Waals surface area contributed by atoms with Gasteiger partial charge in [-0.05, 0) is 60.7 Å². The molecule has 0 saturated carbocycles. The fourth-order valence-electron chi connectivity index (χ4n) is 3.09. The number of fused-ring (bicyclic) bond motifs is 1. The molecule has 0 bridgehead atoms. The molecule has 3 rings (SSSR count). The lowest BCUT2D eigenvalue weighted by atomic mass is 10.1. The Balaban J connectivity index is 1.60. The first-order valence-electron chi connectivity index (χ1n) is 7.41. The highest BCUT2D eigenvalue weighted by Crippen LogP contribution is 2.32. The van der Waals surface area contributed by atoms with Gasteiger partial charge in [0.2, 0.25) is 0 Å². The second kappa shape index (κ2) is 6.50. The summed E-state index contributed by atoms with van der Waals surface area (Å²) < 4.78 is 5.39. The quantitative estimate of drug-likeness (QED) is 0.895. The number of para-hydroxylation sites is 1. The topological polar surface area (TPSA) is 21.3 Å². The van der Waals surface area contributed by atoms with Crippen LogP contribution in [0.25, 0.3) is 0 Å². The van der Waals surface area contributed by atoms with Crippen LogP contribution in [0.3, 0.4) is 0 Å². The van der Waals surface area contributed by atoms with Crippen molar-refractivity contribution >= 4 is 11.6 Å². The number of benzene rings is 2. The number of methoxy groups -OCH3 is 1. The van der Waals surface area contributed by atoms with Crippen molar-refractivity contribution in [2.45, 2.75) is 25.3 Å². The van der Waals surface area contributed by atoms with Gasteiger partial charge in [0.25, 0.3) is 0 Å². The number of hydrogen-bond acceptors (Lipinski definition) is 2. The standard InChI is InChI=1S/C18H20ClNO/c1-21-18-5-3-2-4-13(18)10-11-20-17-9-6-14-12-15(19)7-8-16(14)17/h2-5,7-8,12,17,20H,6,9-11H2,1H3. The van der Waals surface area contributed by atoms with Gasteiger partial charge >= 0.3 is 0 Å². The minimum Gasteiger partial charge on any atom is -0.496 e. The Morgan fingerprint density at radius 3 is 2.95 bits per heavy atom. The van der Waals surface area contributed by atoms with Crippen LogP contribution in [0.4, 0.5) is 0 Å². The molecule has 1 unspecified atom stereocenters. The van der Waals surface area contributed by atoms with Crippen LogP contribution in [-0.2, 0) is 12.8 Å². The van der Waals surface area contributed by atoms with Crippen LogP contribution in [0.5, 0.6) is 5.75 Å². The molecular formula is C18H20ClNO. The van der Waals surface area contributed by atoms with E-state index in [1.165, 1.54) is 16.7 Å². The summed E-state index contributed by atoms with van der Waals surface area (Å²) in [5, 5.41) is 4.49. The van der Waals surface area contributed by atoms with Crippen LogP contribution in [0, 0.1) is 0 Å². The van der Waals surface area contributed by atoms with E-state index in [1.54, 1.807) is 7.11 Å². The minimum atomic E-state index is 0.451. The van der Waals surface area contributed by atoms with Gasteiger partial charge in [0, 0.05) is 11.1 Å². The molecule has 1 N–H and O–H groups in total. The highest BCUT2D eigenvalue weighted by Gasteiger charge is 2.21. The molecule has 1 aliphatic rings. The normalized spacial score (nSPS) is 16.8. The van der Waals surface area contributed by atoms with Crippen LogP contribution in [-0.4, -0.2) is 13.7 Å². The zero-order valence-electron chi connectivity index (χ0n) is 12.2. The molecule has 0 radical (unpaired) electrons. The predicted molar refractivity (Wildman–Crippen MR) is 87.2 cm³/mol. The van der Waals surface area contributed by atoms with E-state index in [0.29, 0.717) is 6.04 Å². The highest BCUT2D eigenvalue weighted by molar-refractivity contribution is 6.30. The molecule has 0 spiro atoms. The van der Waals surface area contributed by atoms with Gasteiger partial charge in [0.05, 0.1) is 7.11 Å². The third-order valence-electron chi connectivity index (χ3n) is 4.16. The number of ether oxygens (including phenoxy) is 1. The highest BCUT2D eigenvalue weighted by atomic mass is 35.5. The fraction of sp³-hybridized carbons (Fsp3) is 0.333. The summed E-state index contributed by atoms with van der Waals surface area (Å²) in [6, 6.07) is 14.9. The fourth-order valence-corrected chi connectivity index (χ4v) is 3.28. The summed E-state index contributed by atoms with van der Waals surface area (Å²) in [7, 11) is 1.73. The van der Waals surface area contributed by atoms with Crippen molar-refractivity contribution in [3.8, 4) is 5.75 Å². The van der Waals surface area contributed by atoms with Gasteiger partial charge in [-0.15, -0.1) is 0 Å². The van der Waals surface area contributed by atoms with Gasteiger partial charge in [-0.3, -0.25) is 0 Å². The number of aryl methyl sites for hydroxylation is 1. The number of rotatable bonds is 5. The van der Waals surface area contributed by atoms with Crippen LogP contribution in [0.1, 0.15) is 29.2 Å². The van der Waals surface area contributed by atoms with E-state index in [4.69, 9.17) is 16.3 Å². The van der Waals surface area contributed by atoms with Crippen molar-refractivity contribution in [3.05, 3.63) is 64.2 Å². The van der Waals surface area contributed by atoms with E-state index in [2.05, 4.69) is 29.6 Å². The van der Waals surface area contributed by atoms with Crippen LogP contribution in [0.2, 0.25) is 5.02 Å². The maximum Gasteiger partial charge on any atom is 0.122 e. The van der Waals surface area contributed by atoms with E-state index in [0.717, 1.165) is 36.6 Å². The van der Waals surface area contributed by atoms with Gasteiger partial charge < -0.3 is 10.1 Å². The maximum atomic E-state index is 6.05. The Hall–Kier alpha value is -1.51. The molecule has 2 aromatic carbocycles. The van der Waals surface area contributed by atoms with Gasteiger partial charge in [-0.1, -0.05) is 35.9 Å². The van der Waals surface area contributed by atoms with Crippen LogP contribution >= 0.6 is 11.6 Å². The van der Waals surface area contributed by atoms with Crippen LogP contribution in [0.15, 0.2) is 42.5 Å². The summed E-state index contributed by atoms with van der Waals surface area (Å²) >= 11 is 6.05. The molecule has 2 nitrogen and oxygen atoms in total. The summed E-state index contributed by atoms with van der Waals surface area (Å²) in [5.74, 6) is 0.970. The first-order chi connectivity index (χ1) is 10.3. The Morgan fingerprint density at radius 1 is 1.24 bits per heavy atom. The summed E-state index contributed by atoms with van der Waals surface area (Å²) in [6.45, 7) is 0.951. The van der Waals surface area contributed by atoms with Gasteiger partial charge in [-0.25, -0.2) is 0 Å². The molecule has 0 aromatic heterocycles. The van der Waals surface area contributed by atoms with Crippen molar-refractivity contribution in [2.24, 2.45) is 0 Å². The molecule has 2 aromatic rings. The van der Waals surface area contributed by atoms with Crippen molar-refractivity contribution in [1.82, 2.24) is 5.32 Å². The minimum absolute atomic E-state index is 0.451. The molecule has 110 valence electrons. The van der Waals surface area contributed by atoms with Crippen molar-refractivity contribution < 1.29 is 4.74 Å². The van der Waals surface area contributed by atoms with Crippen molar-refractivity contribution in [2.75, 3.05) is 13.7 Å². The zero-order chi connectivity index (χ0) is 14.7. The molecular weight excluding hydrogens is 282 g/mol. The summed E-state index contributed by atoms with van der Waals surface area (Å²) in [4.78, 5) is 0. The number of nitrogens with one attached hydrogen (secondary N) is 1. The SMILES string of the molecule is COc1ccccc1CCNC1CCc2cc(Cl)ccc21. The summed E-state index contributed by atoms with van der Waals surface area (Å²) in [6.07, 6.45) is 3.24. The first-order valence-corrected chi connectivity index (χ1v) is 7.79. The molecule has 0 amide bonds.